The van der Waals surface area contributed by atoms with Crippen LogP contribution in [0.15, 0.2) is 53.6 Å². The number of benzene rings is 2. The van der Waals surface area contributed by atoms with Crippen LogP contribution in [0, 0.1) is 25.1 Å². The van der Waals surface area contributed by atoms with Crippen LogP contribution in [0.3, 0.4) is 0 Å². The first kappa shape index (κ1) is 29.7. The van der Waals surface area contributed by atoms with E-state index < -0.39 is 15.4 Å². The molecule has 5 rings (SSSR count). The Labute approximate surface area is 246 Å². The van der Waals surface area contributed by atoms with E-state index in [0.29, 0.717) is 55.2 Å². The third kappa shape index (κ3) is 5.78. The van der Waals surface area contributed by atoms with Crippen molar-refractivity contribution in [1.29, 1.82) is 0 Å². The van der Waals surface area contributed by atoms with Crippen molar-refractivity contribution in [3.8, 4) is 11.8 Å². The summed E-state index contributed by atoms with van der Waals surface area (Å²) in [4.78, 5) is 26.3. The average Bonchev–Trinajstić information content (AvgIpc) is 3.28. The van der Waals surface area contributed by atoms with Gasteiger partial charge in [0.15, 0.2) is 0 Å². The molecule has 0 aliphatic carbocycles. The van der Waals surface area contributed by atoms with Crippen molar-refractivity contribution >= 4 is 27.4 Å². The Morgan fingerprint density at radius 2 is 1.67 bits per heavy atom. The second-order valence-electron chi connectivity index (χ2n) is 10.9. The molecule has 2 aromatic carbocycles. The molecule has 2 fully saturated rings. The number of aryl methyl sites for hydroxylation is 2. The van der Waals surface area contributed by atoms with Crippen LogP contribution in [-0.4, -0.2) is 75.5 Å². The second-order valence-corrected chi connectivity index (χ2v) is 12.9. The molecule has 2 aliphatic heterocycles. The highest BCUT2D eigenvalue weighted by molar-refractivity contribution is 7.89. The maximum atomic E-state index is 13.4. The van der Waals surface area contributed by atoms with Gasteiger partial charge in [-0.3, -0.25) is 4.79 Å². The number of likely N-dealkylation sites (N-methyl/N-ethyl adjacent to an activating group) is 1. The van der Waals surface area contributed by atoms with Crippen molar-refractivity contribution in [2.45, 2.75) is 38.0 Å². The quantitative estimate of drug-likeness (QED) is 0.365. The van der Waals surface area contributed by atoms with Crippen LogP contribution in [0.1, 0.15) is 30.4 Å². The summed E-state index contributed by atoms with van der Waals surface area (Å²) >= 11 is 0. The van der Waals surface area contributed by atoms with E-state index in [1.165, 1.54) is 23.5 Å². The number of nitrogens with zero attached hydrogens (tertiary/aromatic N) is 5. The average molecular weight is 598 g/mol. The van der Waals surface area contributed by atoms with E-state index in [-0.39, 0.29) is 35.8 Å². The first-order valence-corrected chi connectivity index (χ1v) is 15.4. The van der Waals surface area contributed by atoms with Gasteiger partial charge in [-0.2, -0.15) is 9.29 Å². The number of amides is 1. The molecule has 0 radical (unpaired) electrons. The molecule has 0 atom stereocenters. The van der Waals surface area contributed by atoms with Gasteiger partial charge in [0.1, 0.15) is 24.0 Å². The number of methoxy groups -OCH3 is 1. The molecule has 2 aliphatic rings. The Hall–Kier alpha value is -3.77. The number of hydrogen-bond donors (Lipinski definition) is 0. The highest BCUT2D eigenvalue weighted by Crippen LogP contribution is 2.43. The van der Waals surface area contributed by atoms with E-state index in [1.807, 2.05) is 0 Å². The zero-order chi connectivity index (χ0) is 30.1. The fourth-order valence-corrected chi connectivity index (χ4v) is 7.43. The first-order chi connectivity index (χ1) is 20.0. The molecule has 0 saturated carbocycles. The zero-order valence-corrected chi connectivity index (χ0v) is 25.2. The third-order valence-electron chi connectivity index (χ3n) is 8.29. The summed E-state index contributed by atoms with van der Waals surface area (Å²) in [5.74, 6) is 1.08. The van der Waals surface area contributed by atoms with Gasteiger partial charge in [-0.15, -0.1) is 0 Å². The summed E-state index contributed by atoms with van der Waals surface area (Å²) in [5, 5.41) is 0. The highest BCUT2D eigenvalue weighted by atomic mass is 32.2. The fraction of sp³-hybridized carbons (Fsp3) is 0.433. The van der Waals surface area contributed by atoms with E-state index in [4.69, 9.17) is 9.47 Å². The largest absolute Gasteiger partial charge is 0.497 e. The topological polar surface area (TPSA) is 105 Å². The van der Waals surface area contributed by atoms with Crippen LogP contribution >= 0.6 is 0 Å². The second kappa shape index (κ2) is 11.8. The third-order valence-corrected chi connectivity index (χ3v) is 10.5. The number of piperidine rings is 1. The number of sulfonamides is 1. The summed E-state index contributed by atoms with van der Waals surface area (Å²) in [7, 11) is -0.678. The molecule has 3 aromatic rings. The summed E-state index contributed by atoms with van der Waals surface area (Å²) in [5.41, 5.74) is 1.53. The van der Waals surface area contributed by atoms with Gasteiger partial charge in [0, 0.05) is 45.1 Å². The minimum Gasteiger partial charge on any atom is -0.497 e. The van der Waals surface area contributed by atoms with Crippen molar-refractivity contribution in [2.75, 3.05) is 56.7 Å². The van der Waals surface area contributed by atoms with Crippen LogP contribution in [-0.2, 0) is 14.8 Å². The van der Waals surface area contributed by atoms with Crippen LogP contribution < -0.4 is 19.3 Å². The Kier molecular flexibility index (Phi) is 8.38. The SMILES string of the molecule is COc1cc(C)c(S(=O)(=O)N(C)CCOc2nccc(N3CCC4(CC3)CCN(c3ccc(F)cc3)C4=O)n2)c(C)c1. The molecule has 1 spiro atoms. The minimum absolute atomic E-state index is 0.0737. The van der Waals surface area contributed by atoms with Crippen molar-refractivity contribution in [3.05, 3.63) is 65.6 Å². The fourth-order valence-electron chi connectivity index (χ4n) is 5.87. The van der Waals surface area contributed by atoms with Gasteiger partial charge < -0.3 is 19.3 Å². The van der Waals surface area contributed by atoms with Crippen molar-refractivity contribution in [2.24, 2.45) is 5.41 Å². The molecule has 224 valence electrons. The number of anilines is 2. The predicted molar refractivity (Wildman–Crippen MR) is 157 cm³/mol. The van der Waals surface area contributed by atoms with Gasteiger partial charge in [0.2, 0.25) is 15.9 Å². The van der Waals surface area contributed by atoms with Crippen molar-refractivity contribution < 1.29 is 27.1 Å². The molecule has 0 bridgehead atoms. The lowest BCUT2D eigenvalue weighted by atomic mass is 9.77. The molecule has 42 heavy (non-hydrogen) atoms. The summed E-state index contributed by atoms with van der Waals surface area (Å²) < 4.78 is 52.2. The number of hydrogen-bond acceptors (Lipinski definition) is 8. The lowest BCUT2D eigenvalue weighted by Gasteiger charge is -2.38. The molecule has 2 saturated heterocycles. The maximum Gasteiger partial charge on any atom is 0.318 e. The van der Waals surface area contributed by atoms with Gasteiger partial charge in [0.25, 0.3) is 0 Å². The Balaban J connectivity index is 1.17. The van der Waals surface area contributed by atoms with Gasteiger partial charge >= 0.3 is 6.01 Å². The molecule has 0 unspecified atom stereocenters. The molecule has 12 heteroatoms. The van der Waals surface area contributed by atoms with Crippen LogP contribution in [0.5, 0.6) is 11.8 Å². The van der Waals surface area contributed by atoms with Crippen LogP contribution in [0.4, 0.5) is 15.9 Å². The molecule has 0 N–H and O–H groups in total. The monoisotopic (exact) mass is 597 g/mol. The number of halogens is 1. The number of rotatable bonds is 9. The number of carbonyl (C=O) groups is 1. The van der Waals surface area contributed by atoms with Crippen molar-refractivity contribution in [1.82, 2.24) is 14.3 Å². The summed E-state index contributed by atoms with van der Waals surface area (Å²) in [6.07, 6.45) is 3.76. The molecular weight excluding hydrogens is 561 g/mol. The highest BCUT2D eigenvalue weighted by Gasteiger charge is 2.48. The van der Waals surface area contributed by atoms with Gasteiger partial charge in [0.05, 0.1) is 17.4 Å². The van der Waals surface area contributed by atoms with E-state index in [2.05, 4.69) is 14.9 Å². The minimum atomic E-state index is -3.74. The molecule has 10 nitrogen and oxygen atoms in total. The van der Waals surface area contributed by atoms with Crippen LogP contribution in [0.2, 0.25) is 0 Å². The maximum absolute atomic E-state index is 13.4. The van der Waals surface area contributed by atoms with Crippen molar-refractivity contribution in [3.63, 3.8) is 0 Å². The lowest BCUT2D eigenvalue weighted by molar-refractivity contribution is -0.126. The van der Waals surface area contributed by atoms with E-state index in [9.17, 15) is 17.6 Å². The van der Waals surface area contributed by atoms with E-state index in [1.54, 1.807) is 62.4 Å². The molecular formula is C30H36FN5O5S. The lowest BCUT2D eigenvalue weighted by Crippen LogP contribution is -2.45. The number of aromatic nitrogens is 2. The van der Waals surface area contributed by atoms with E-state index >= 15 is 0 Å². The number of carbonyl (C=O) groups excluding carboxylic acids is 1. The standard InChI is InChI=1S/C30H36FN5O5S/c1-21-19-25(40-4)20-22(2)27(21)42(38,39)34(3)17-18-41-29-32-13-9-26(33-29)35-14-10-30(11-15-35)12-16-36(28(30)37)24-7-5-23(31)6-8-24/h5-9,13,19-20H,10-12,14-18H2,1-4H3. The van der Waals surface area contributed by atoms with Gasteiger partial charge in [-0.05, 0) is 86.7 Å². The molecule has 1 aromatic heterocycles. The molecule has 3 heterocycles. The summed E-state index contributed by atoms with van der Waals surface area (Å²) in [6.45, 7) is 5.61. The number of ether oxygens (including phenoxy) is 2. The van der Waals surface area contributed by atoms with Crippen LogP contribution in [0.25, 0.3) is 0 Å². The normalized spacial score (nSPS) is 16.9. The summed E-state index contributed by atoms with van der Waals surface area (Å²) in [6, 6.07) is 11.4. The van der Waals surface area contributed by atoms with E-state index in [0.717, 1.165) is 12.1 Å². The zero-order valence-electron chi connectivity index (χ0n) is 24.3. The Morgan fingerprint density at radius 3 is 2.31 bits per heavy atom. The van der Waals surface area contributed by atoms with Gasteiger partial charge in [-0.1, -0.05) is 0 Å². The molecule has 1 amide bonds. The predicted octanol–water partition coefficient (Wildman–Crippen LogP) is 3.96. The van der Waals surface area contributed by atoms with Gasteiger partial charge in [-0.25, -0.2) is 17.8 Å². The first-order valence-electron chi connectivity index (χ1n) is 13.9. The Bertz CT molecular complexity index is 1540. The smallest absolute Gasteiger partial charge is 0.318 e. The Morgan fingerprint density at radius 1 is 1.02 bits per heavy atom.